The van der Waals surface area contributed by atoms with Crippen LogP contribution in [0.3, 0.4) is 0 Å². The Morgan fingerprint density at radius 3 is 2.83 bits per heavy atom. The molecule has 0 saturated heterocycles. The number of pyridine rings is 1. The third kappa shape index (κ3) is 2.56. The van der Waals surface area contributed by atoms with Gasteiger partial charge in [-0.2, -0.15) is 0 Å². The van der Waals surface area contributed by atoms with Crippen LogP contribution in [0.4, 0.5) is 0 Å². The number of carboxylic acids is 1. The monoisotopic (exact) mass is 246 g/mol. The summed E-state index contributed by atoms with van der Waals surface area (Å²) in [5.41, 5.74) is 1.18. The van der Waals surface area contributed by atoms with Crippen LogP contribution in [0.25, 0.3) is 0 Å². The van der Waals surface area contributed by atoms with Crippen molar-refractivity contribution in [2.45, 2.75) is 19.4 Å². The molecule has 1 aliphatic rings. The molecule has 2 N–H and O–H groups in total. The number of rotatable bonds is 3. The van der Waals surface area contributed by atoms with Gasteiger partial charge in [0.15, 0.2) is 0 Å². The smallest absolute Gasteiger partial charge is 0.310 e. The number of aryl methyl sites for hydroxylation is 1. The molecule has 5 heteroatoms. The lowest BCUT2D eigenvalue weighted by molar-refractivity contribution is -0.140. The van der Waals surface area contributed by atoms with E-state index < -0.39 is 11.9 Å². The Kier molecular flexibility index (Phi) is 3.41. The number of aliphatic carboxylic acids is 1. The summed E-state index contributed by atoms with van der Waals surface area (Å²) in [5.74, 6) is -1.59. The average Bonchev–Trinajstić information content (AvgIpc) is 2.78. The molecule has 0 bridgehead atoms. The zero-order valence-electron chi connectivity index (χ0n) is 9.96. The molecular formula is C13H14N2O3. The first-order valence-electron chi connectivity index (χ1n) is 5.71. The summed E-state index contributed by atoms with van der Waals surface area (Å²) < 4.78 is 0. The normalized spacial score (nSPS) is 21.8. The van der Waals surface area contributed by atoms with Crippen LogP contribution in [0, 0.1) is 12.8 Å². The van der Waals surface area contributed by atoms with Crippen molar-refractivity contribution in [3.63, 3.8) is 0 Å². The van der Waals surface area contributed by atoms with E-state index >= 15 is 0 Å². The van der Waals surface area contributed by atoms with E-state index in [0.29, 0.717) is 17.7 Å². The number of carboxylic acid groups (broad SMARTS) is 1. The highest BCUT2D eigenvalue weighted by atomic mass is 16.4. The summed E-state index contributed by atoms with van der Waals surface area (Å²) in [4.78, 5) is 26.8. The van der Waals surface area contributed by atoms with Crippen LogP contribution in [0.5, 0.6) is 0 Å². The summed E-state index contributed by atoms with van der Waals surface area (Å²) >= 11 is 0. The fourth-order valence-corrected chi connectivity index (χ4v) is 1.96. The standard InChI is InChI=1S/C13H14N2O3/c1-8-11(3-2-6-14-8)12(16)15-10-5-4-9(7-10)13(17)18/h2-6,9-10H,7H2,1H3,(H,15,16)(H,17,18). The number of amides is 1. The molecule has 0 saturated carbocycles. The van der Waals surface area contributed by atoms with Gasteiger partial charge in [0.2, 0.25) is 0 Å². The molecular weight excluding hydrogens is 232 g/mol. The Bertz CT molecular complexity index is 511. The van der Waals surface area contributed by atoms with E-state index in [-0.39, 0.29) is 11.9 Å². The maximum Gasteiger partial charge on any atom is 0.310 e. The number of aromatic nitrogens is 1. The van der Waals surface area contributed by atoms with Crippen molar-refractivity contribution in [2.75, 3.05) is 0 Å². The molecule has 0 spiro atoms. The lowest BCUT2D eigenvalue weighted by Crippen LogP contribution is -2.33. The average molecular weight is 246 g/mol. The summed E-state index contributed by atoms with van der Waals surface area (Å²) in [6, 6.07) is 3.18. The van der Waals surface area contributed by atoms with Gasteiger partial charge >= 0.3 is 5.97 Å². The summed E-state index contributed by atoms with van der Waals surface area (Å²) in [6.07, 6.45) is 5.37. The highest BCUT2D eigenvalue weighted by Gasteiger charge is 2.25. The molecule has 0 radical (unpaired) electrons. The van der Waals surface area contributed by atoms with Crippen LogP contribution in [0.1, 0.15) is 22.5 Å². The molecule has 1 aromatic rings. The third-order valence-corrected chi connectivity index (χ3v) is 2.97. The zero-order valence-corrected chi connectivity index (χ0v) is 9.96. The van der Waals surface area contributed by atoms with Crippen molar-refractivity contribution in [2.24, 2.45) is 5.92 Å². The molecule has 94 valence electrons. The third-order valence-electron chi connectivity index (χ3n) is 2.97. The van der Waals surface area contributed by atoms with Gasteiger partial charge in [-0.05, 0) is 25.5 Å². The van der Waals surface area contributed by atoms with Gasteiger partial charge in [-0.25, -0.2) is 0 Å². The summed E-state index contributed by atoms with van der Waals surface area (Å²) in [5, 5.41) is 11.6. The number of nitrogens with one attached hydrogen (secondary N) is 1. The lowest BCUT2D eigenvalue weighted by Gasteiger charge is -2.12. The van der Waals surface area contributed by atoms with E-state index in [1.165, 1.54) is 0 Å². The fraction of sp³-hybridized carbons (Fsp3) is 0.308. The summed E-state index contributed by atoms with van der Waals surface area (Å²) in [6.45, 7) is 1.76. The SMILES string of the molecule is Cc1ncccc1C(=O)NC1C=CC(C(=O)O)C1. The van der Waals surface area contributed by atoms with Gasteiger partial charge in [-0.15, -0.1) is 0 Å². The molecule has 18 heavy (non-hydrogen) atoms. The van der Waals surface area contributed by atoms with Gasteiger partial charge in [-0.3, -0.25) is 14.6 Å². The van der Waals surface area contributed by atoms with E-state index in [9.17, 15) is 9.59 Å². The quantitative estimate of drug-likeness (QED) is 0.784. The number of nitrogens with zero attached hydrogens (tertiary/aromatic N) is 1. The van der Waals surface area contributed by atoms with Crippen LogP contribution in [0.15, 0.2) is 30.5 Å². The van der Waals surface area contributed by atoms with Crippen LogP contribution >= 0.6 is 0 Å². The van der Waals surface area contributed by atoms with Crippen LogP contribution in [-0.4, -0.2) is 28.0 Å². The Hall–Kier alpha value is -2.17. The van der Waals surface area contributed by atoms with Crippen LogP contribution in [-0.2, 0) is 4.79 Å². The number of carbonyl (C=O) groups is 2. The van der Waals surface area contributed by atoms with Crippen molar-refractivity contribution in [3.8, 4) is 0 Å². The van der Waals surface area contributed by atoms with Crippen LogP contribution < -0.4 is 5.32 Å². The minimum absolute atomic E-state index is 0.221. The Morgan fingerprint density at radius 1 is 1.44 bits per heavy atom. The molecule has 1 amide bonds. The van der Waals surface area contributed by atoms with E-state index in [1.807, 2.05) is 0 Å². The van der Waals surface area contributed by atoms with Gasteiger partial charge < -0.3 is 10.4 Å². The minimum atomic E-state index is -0.861. The maximum atomic E-state index is 12.0. The van der Waals surface area contributed by atoms with E-state index in [2.05, 4.69) is 10.3 Å². The topological polar surface area (TPSA) is 79.3 Å². The molecule has 1 heterocycles. The van der Waals surface area contributed by atoms with E-state index in [4.69, 9.17) is 5.11 Å². The molecule has 1 aliphatic carbocycles. The lowest BCUT2D eigenvalue weighted by atomic mass is 10.1. The Labute approximate surface area is 105 Å². The minimum Gasteiger partial charge on any atom is -0.481 e. The van der Waals surface area contributed by atoms with Crippen molar-refractivity contribution < 1.29 is 14.7 Å². The molecule has 5 nitrogen and oxygen atoms in total. The van der Waals surface area contributed by atoms with Crippen molar-refractivity contribution in [1.82, 2.24) is 10.3 Å². The van der Waals surface area contributed by atoms with Crippen molar-refractivity contribution >= 4 is 11.9 Å². The molecule has 2 unspecified atom stereocenters. The van der Waals surface area contributed by atoms with Crippen LogP contribution in [0.2, 0.25) is 0 Å². The first-order chi connectivity index (χ1) is 8.58. The Balaban J connectivity index is 2.00. The predicted molar refractivity (Wildman–Crippen MR) is 65.1 cm³/mol. The largest absolute Gasteiger partial charge is 0.481 e. The maximum absolute atomic E-state index is 12.0. The predicted octanol–water partition coefficient (Wildman–Crippen LogP) is 1.15. The molecule has 0 fully saturated rings. The number of hydrogen-bond donors (Lipinski definition) is 2. The molecule has 0 aliphatic heterocycles. The fourth-order valence-electron chi connectivity index (χ4n) is 1.96. The van der Waals surface area contributed by atoms with E-state index in [1.54, 1.807) is 37.4 Å². The van der Waals surface area contributed by atoms with Gasteiger partial charge in [0.1, 0.15) is 0 Å². The highest BCUT2D eigenvalue weighted by Crippen LogP contribution is 2.18. The number of hydrogen-bond acceptors (Lipinski definition) is 3. The molecule has 1 aromatic heterocycles. The van der Waals surface area contributed by atoms with Gasteiger partial charge in [-0.1, -0.05) is 12.2 Å². The van der Waals surface area contributed by atoms with Gasteiger partial charge in [0.25, 0.3) is 5.91 Å². The second-order valence-corrected chi connectivity index (χ2v) is 4.28. The first-order valence-corrected chi connectivity index (χ1v) is 5.71. The second kappa shape index (κ2) is 5.00. The Morgan fingerprint density at radius 2 is 2.22 bits per heavy atom. The second-order valence-electron chi connectivity index (χ2n) is 4.28. The molecule has 0 aromatic carbocycles. The van der Waals surface area contributed by atoms with Gasteiger partial charge in [0, 0.05) is 17.9 Å². The van der Waals surface area contributed by atoms with Gasteiger partial charge in [0.05, 0.1) is 11.5 Å². The summed E-state index contributed by atoms with van der Waals surface area (Å²) in [7, 11) is 0. The first kappa shape index (κ1) is 12.3. The van der Waals surface area contributed by atoms with E-state index in [0.717, 1.165) is 0 Å². The molecule has 2 atom stereocenters. The molecule has 2 rings (SSSR count). The van der Waals surface area contributed by atoms with Crippen molar-refractivity contribution in [3.05, 3.63) is 41.7 Å². The highest BCUT2D eigenvalue weighted by molar-refractivity contribution is 5.95. The zero-order chi connectivity index (χ0) is 13.1. The number of carbonyl (C=O) groups excluding carboxylic acids is 1. The van der Waals surface area contributed by atoms with Crippen molar-refractivity contribution in [1.29, 1.82) is 0 Å².